The van der Waals surface area contributed by atoms with Crippen molar-refractivity contribution in [2.24, 2.45) is 5.92 Å². The van der Waals surface area contributed by atoms with Gasteiger partial charge in [0, 0.05) is 17.7 Å². The summed E-state index contributed by atoms with van der Waals surface area (Å²) in [6.07, 6.45) is 2.05. The van der Waals surface area contributed by atoms with Crippen LogP contribution in [0.2, 0.25) is 0 Å². The Morgan fingerprint density at radius 3 is 2.47 bits per heavy atom. The number of benzene rings is 2. The Kier molecular flexibility index (Phi) is 6.35. The summed E-state index contributed by atoms with van der Waals surface area (Å²) in [5.74, 6) is -0.725. The minimum Gasteiger partial charge on any atom is -0.267 e. The van der Waals surface area contributed by atoms with Crippen molar-refractivity contribution in [1.82, 2.24) is 20.6 Å². The highest BCUT2D eigenvalue weighted by Gasteiger charge is 2.25. The van der Waals surface area contributed by atoms with Gasteiger partial charge < -0.3 is 0 Å². The summed E-state index contributed by atoms with van der Waals surface area (Å²) in [5.41, 5.74) is 6.28. The second kappa shape index (κ2) is 9.19. The van der Waals surface area contributed by atoms with E-state index in [9.17, 15) is 18.0 Å². The van der Waals surface area contributed by atoms with Gasteiger partial charge in [0.25, 0.3) is 11.8 Å². The topological polar surface area (TPSA) is 117 Å². The fraction of sp³-hybridized carbons (Fsp3) is 0.227. The normalized spacial score (nSPS) is 13.5. The predicted molar refractivity (Wildman–Crippen MR) is 122 cm³/mol. The van der Waals surface area contributed by atoms with Crippen molar-refractivity contribution in [3.8, 4) is 10.6 Å². The molecule has 0 unspecified atom stereocenters. The van der Waals surface area contributed by atoms with Crippen molar-refractivity contribution >= 4 is 33.2 Å². The molecule has 0 radical (unpaired) electrons. The van der Waals surface area contributed by atoms with Gasteiger partial charge in [0.05, 0.1) is 10.6 Å². The summed E-state index contributed by atoms with van der Waals surface area (Å²) in [4.78, 5) is 29.9. The standard InChI is InChI=1S/C22H22N4O4S2/c1-14-19(31-22(24-14)16-6-3-2-4-7-16)21(28)26-25-20(27)17-8-5-9-18(12-17)32(29,30)23-13-15-10-11-15/h2-9,12,15,23H,10-11,13H2,1H3,(H,25,27)(H,26,28). The zero-order chi connectivity index (χ0) is 22.7. The lowest BCUT2D eigenvalue weighted by Gasteiger charge is -2.09. The van der Waals surface area contributed by atoms with E-state index in [1.807, 2.05) is 30.3 Å². The second-order valence-electron chi connectivity index (χ2n) is 7.53. The van der Waals surface area contributed by atoms with E-state index in [1.165, 1.54) is 35.6 Å². The number of aryl methyl sites for hydroxylation is 1. The highest BCUT2D eigenvalue weighted by molar-refractivity contribution is 7.89. The van der Waals surface area contributed by atoms with Crippen LogP contribution >= 0.6 is 11.3 Å². The van der Waals surface area contributed by atoms with Crippen molar-refractivity contribution in [1.29, 1.82) is 0 Å². The second-order valence-corrected chi connectivity index (χ2v) is 10.3. The van der Waals surface area contributed by atoms with Crippen LogP contribution in [-0.2, 0) is 10.0 Å². The van der Waals surface area contributed by atoms with Gasteiger partial charge >= 0.3 is 0 Å². The maximum atomic E-state index is 12.6. The fourth-order valence-electron chi connectivity index (χ4n) is 2.99. The SMILES string of the molecule is Cc1nc(-c2ccccc2)sc1C(=O)NNC(=O)c1cccc(S(=O)(=O)NCC2CC2)c1. The van der Waals surface area contributed by atoms with Crippen LogP contribution in [0, 0.1) is 12.8 Å². The molecule has 166 valence electrons. The van der Waals surface area contributed by atoms with Crippen molar-refractivity contribution in [3.05, 3.63) is 70.7 Å². The minimum absolute atomic E-state index is 0.00271. The first kappa shape index (κ1) is 22.1. The number of carbonyl (C=O) groups is 2. The molecule has 0 bridgehead atoms. The molecule has 1 heterocycles. The molecular weight excluding hydrogens is 448 g/mol. The van der Waals surface area contributed by atoms with E-state index in [1.54, 1.807) is 6.92 Å². The van der Waals surface area contributed by atoms with Crippen LogP contribution in [0.5, 0.6) is 0 Å². The lowest BCUT2D eigenvalue weighted by Crippen LogP contribution is -2.41. The zero-order valence-corrected chi connectivity index (χ0v) is 18.9. The van der Waals surface area contributed by atoms with Crippen molar-refractivity contribution in [2.75, 3.05) is 6.54 Å². The van der Waals surface area contributed by atoms with Crippen molar-refractivity contribution < 1.29 is 18.0 Å². The maximum absolute atomic E-state index is 12.6. The van der Waals surface area contributed by atoms with Gasteiger partial charge in [0.1, 0.15) is 9.88 Å². The van der Waals surface area contributed by atoms with Crippen LogP contribution in [0.25, 0.3) is 10.6 Å². The third-order valence-corrected chi connectivity index (χ3v) is 7.61. The Hall–Kier alpha value is -3.08. The molecule has 1 fully saturated rings. The quantitative estimate of drug-likeness (QED) is 0.459. The van der Waals surface area contributed by atoms with Gasteiger partial charge in [-0.2, -0.15) is 0 Å². The van der Waals surface area contributed by atoms with E-state index in [0.29, 0.717) is 28.0 Å². The van der Waals surface area contributed by atoms with Gasteiger partial charge in [-0.1, -0.05) is 36.4 Å². The number of nitrogens with one attached hydrogen (secondary N) is 3. The predicted octanol–water partition coefficient (Wildman–Crippen LogP) is 2.88. The summed E-state index contributed by atoms with van der Waals surface area (Å²) in [6.45, 7) is 2.12. The monoisotopic (exact) mass is 470 g/mol. The molecule has 3 aromatic rings. The molecule has 4 rings (SSSR count). The van der Waals surface area contributed by atoms with Crippen molar-refractivity contribution in [3.63, 3.8) is 0 Å². The summed E-state index contributed by atoms with van der Waals surface area (Å²) >= 11 is 1.22. The molecule has 1 aromatic heterocycles. The molecule has 2 amide bonds. The third kappa shape index (κ3) is 5.21. The average molecular weight is 471 g/mol. The van der Waals surface area contributed by atoms with Crippen LogP contribution in [0.1, 0.15) is 38.6 Å². The molecule has 0 aliphatic heterocycles. The van der Waals surface area contributed by atoms with Crippen LogP contribution in [0.4, 0.5) is 0 Å². The van der Waals surface area contributed by atoms with Gasteiger partial charge in [-0.15, -0.1) is 11.3 Å². The highest BCUT2D eigenvalue weighted by atomic mass is 32.2. The Labute approximate surface area is 190 Å². The van der Waals surface area contributed by atoms with Gasteiger partial charge in [-0.3, -0.25) is 20.4 Å². The number of hydrogen-bond donors (Lipinski definition) is 3. The van der Waals surface area contributed by atoms with Gasteiger partial charge in [-0.25, -0.2) is 18.1 Å². The number of amides is 2. The molecular formula is C22H22N4O4S2. The molecule has 10 heteroatoms. The first-order valence-corrected chi connectivity index (χ1v) is 12.4. The Bertz CT molecular complexity index is 1250. The first-order valence-electron chi connectivity index (χ1n) is 10.1. The highest BCUT2D eigenvalue weighted by Crippen LogP contribution is 2.28. The molecule has 8 nitrogen and oxygen atoms in total. The fourth-order valence-corrected chi connectivity index (χ4v) is 5.12. The molecule has 32 heavy (non-hydrogen) atoms. The van der Waals surface area contributed by atoms with E-state index >= 15 is 0 Å². The van der Waals surface area contributed by atoms with Gasteiger partial charge in [0.15, 0.2) is 0 Å². The molecule has 3 N–H and O–H groups in total. The average Bonchev–Trinajstić information content (AvgIpc) is 3.56. The van der Waals surface area contributed by atoms with E-state index in [0.717, 1.165) is 18.4 Å². The summed E-state index contributed by atoms with van der Waals surface area (Å²) in [6, 6.07) is 15.2. The third-order valence-electron chi connectivity index (χ3n) is 4.98. The number of sulfonamides is 1. The zero-order valence-electron chi connectivity index (χ0n) is 17.3. The molecule has 0 saturated heterocycles. The van der Waals surface area contributed by atoms with Crippen LogP contribution in [0.3, 0.4) is 0 Å². The number of aromatic nitrogens is 1. The number of carbonyl (C=O) groups excluding carboxylic acids is 2. The van der Waals surface area contributed by atoms with Gasteiger partial charge in [-0.05, 0) is 43.9 Å². The smallest absolute Gasteiger partial charge is 0.267 e. The van der Waals surface area contributed by atoms with E-state index in [-0.39, 0.29) is 10.5 Å². The number of rotatable bonds is 7. The van der Waals surface area contributed by atoms with E-state index < -0.39 is 21.8 Å². The molecule has 1 saturated carbocycles. The number of thiazole rings is 1. The largest absolute Gasteiger partial charge is 0.281 e. The Morgan fingerprint density at radius 2 is 1.75 bits per heavy atom. The van der Waals surface area contributed by atoms with Crippen LogP contribution < -0.4 is 15.6 Å². The van der Waals surface area contributed by atoms with Crippen LogP contribution in [0.15, 0.2) is 59.5 Å². The first-order chi connectivity index (χ1) is 15.3. The minimum atomic E-state index is -3.70. The summed E-state index contributed by atoms with van der Waals surface area (Å²) < 4.78 is 27.4. The summed E-state index contributed by atoms with van der Waals surface area (Å²) in [7, 11) is -3.70. The maximum Gasteiger partial charge on any atom is 0.281 e. The Morgan fingerprint density at radius 1 is 1.03 bits per heavy atom. The lowest BCUT2D eigenvalue weighted by atomic mass is 10.2. The van der Waals surface area contributed by atoms with E-state index in [4.69, 9.17) is 0 Å². The molecule has 0 spiro atoms. The summed E-state index contributed by atoms with van der Waals surface area (Å²) in [5, 5.41) is 0.705. The number of hydrazine groups is 1. The number of nitrogens with zero attached hydrogens (tertiary/aromatic N) is 1. The number of hydrogen-bond acceptors (Lipinski definition) is 6. The van der Waals surface area contributed by atoms with Crippen LogP contribution in [-0.4, -0.2) is 31.8 Å². The molecule has 0 atom stereocenters. The van der Waals surface area contributed by atoms with Crippen molar-refractivity contribution in [2.45, 2.75) is 24.7 Å². The van der Waals surface area contributed by atoms with Gasteiger partial charge in [0.2, 0.25) is 10.0 Å². The van der Waals surface area contributed by atoms with E-state index in [2.05, 4.69) is 20.6 Å². The lowest BCUT2D eigenvalue weighted by molar-refractivity contribution is 0.0848. The molecule has 1 aliphatic rings. The Balaban J connectivity index is 1.40. The molecule has 2 aromatic carbocycles. The molecule has 1 aliphatic carbocycles.